The molecule has 3 aromatic carbocycles. The van der Waals surface area contributed by atoms with E-state index in [0.717, 1.165) is 18.2 Å². The van der Waals surface area contributed by atoms with Crippen LogP contribution in [0.25, 0.3) is 0 Å². The summed E-state index contributed by atoms with van der Waals surface area (Å²) in [6.45, 7) is 1.65. The summed E-state index contributed by atoms with van der Waals surface area (Å²) in [5.41, 5.74) is -3.64. The Morgan fingerprint density at radius 1 is 0.769 bits per heavy atom. The van der Waals surface area contributed by atoms with E-state index in [1.807, 2.05) is 0 Å². The van der Waals surface area contributed by atoms with Crippen LogP contribution in [0.4, 0.5) is 30.7 Å². The van der Waals surface area contributed by atoms with Crippen LogP contribution >= 0.6 is 0 Å². The van der Waals surface area contributed by atoms with Crippen molar-refractivity contribution in [2.75, 3.05) is 0 Å². The van der Waals surface area contributed by atoms with Gasteiger partial charge in [-0.1, -0.05) is 48.5 Å². The Kier molecular flexibility index (Phi) is 7.50. The largest absolute Gasteiger partial charge is 0.419 e. The van der Waals surface area contributed by atoms with Crippen LogP contribution in [0.3, 0.4) is 0 Å². The number of pyridine rings is 1. The zero-order valence-corrected chi connectivity index (χ0v) is 20.4. The molecule has 1 aromatic heterocycles. The highest BCUT2D eigenvalue weighted by Gasteiger charge is 2.41. The summed E-state index contributed by atoms with van der Waals surface area (Å²) in [4.78, 5) is 18.0. The fourth-order valence-electron chi connectivity index (χ4n) is 4.31. The number of aromatic nitrogens is 1. The van der Waals surface area contributed by atoms with Gasteiger partial charge < -0.3 is 5.32 Å². The standard InChI is InChI=1S/C29H21F7N2O/c1-18-7-5-12-25(37-18)27(17-19-8-3-2-4-9-19,21-10-6-11-22(16-21)28(31,32)33)38-26(39)20-13-14-24(30)23(15-20)29(34,35)36/h2-16H,17H2,1H3,(H,38,39). The van der Waals surface area contributed by atoms with Gasteiger partial charge in [0.15, 0.2) is 0 Å². The minimum atomic E-state index is -5.07. The molecule has 1 heterocycles. The van der Waals surface area contributed by atoms with Gasteiger partial charge in [-0.2, -0.15) is 26.3 Å². The molecule has 1 amide bonds. The molecule has 0 radical (unpaired) electrons. The zero-order valence-electron chi connectivity index (χ0n) is 20.4. The second-order valence-corrected chi connectivity index (χ2v) is 8.96. The summed E-state index contributed by atoms with van der Waals surface area (Å²) in [6.07, 6.45) is -9.87. The van der Waals surface area contributed by atoms with Crippen molar-refractivity contribution in [2.24, 2.45) is 0 Å². The molecule has 0 aliphatic carbocycles. The number of aryl methyl sites for hydroxylation is 1. The fourth-order valence-corrected chi connectivity index (χ4v) is 4.31. The summed E-state index contributed by atoms with van der Waals surface area (Å²) in [5.74, 6) is -2.62. The van der Waals surface area contributed by atoms with Gasteiger partial charge in [0, 0.05) is 17.7 Å². The van der Waals surface area contributed by atoms with E-state index < -0.39 is 46.3 Å². The van der Waals surface area contributed by atoms with E-state index in [1.54, 1.807) is 49.4 Å². The number of nitrogens with one attached hydrogen (secondary N) is 1. The highest BCUT2D eigenvalue weighted by Crippen LogP contribution is 2.38. The van der Waals surface area contributed by atoms with Gasteiger partial charge >= 0.3 is 12.4 Å². The number of alkyl halides is 6. The highest BCUT2D eigenvalue weighted by atomic mass is 19.4. The van der Waals surface area contributed by atoms with Gasteiger partial charge in [-0.15, -0.1) is 0 Å². The van der Waals surface area contributed by atoms with Gasteiger partial charge in [0.05, 0.1) is 16.8 Å². The maximum Gasteiger partial charge on any atom is 0.419 e. The molecule has 4 aromatic rings. The van der Waals surface area contributed by atoms with Gasteiger partial charge in [0.1, 0.15) is 11.4 Å². The molecule has 1 unspecified atom stereocenters. The summed E-state index contributed by atoms with van der Waals surface area (Å²) in [7, 11) is 0. The molecular weight excluding hydrogens is 525 g/mol. The lowest BCUT2D eigenvalue weighted by atomic mass is 9.79. The van der Waals surface area contributed by atoms with Crippen LogP contribution in [-0.2, 0) is 24.3 Å². The first-order chi connectivity index (χ1) is 18.3. The van der Waals surface area contributed by atoms with E-state index in [-0.39, 0.29) is 17.7 Å². The number of nitrogens with zero attached hydrogens (tertiary/aromatic N) is 1. The van der Waals surface area contributed by atoms with Gasteiger partial charge in [-0.3, -0.25) is 9.78 Å². The number of rotatable bonds is 6. The van der Waals surface area contributed by atoms with Crippen LogP contribution in [-0.4, -0.2) is 10.9 Å². The molecule has 3 nitrogen and oxygen atoms in total. The minimum Gasteiger partial charge on any atom is -0.337 e. The summed E-state index contributed by atoms with van der Waals surface area (Å²) in [5, 5.41) is 2.67. The van der Waals surface area contributed by atoms with Crippen LogP contribution in [0.5, 0.6) is 0 Å². The van der Waals surface area contributed by atoms with Crippen molar-refractivity contribution in [1.82, 2.24) is 10.3 Å². The third-order valence-corrected chi connectivity index (χ3v) is 6.18. The van der Waals surface area contributed by atoms with Crippen LogP contribution in [0.2, 0.25) is 0 Å². The first kappa shape index (κ1) is 27.8. The summed E-state index contributed by atoms with van der Waals surface area (Å²) in [6, 6.07) is 19.4. The monoisotopic (exact) mass is 546 g/mol. The predicted octanol–water partition coefficient (Wildman–Crippen LogP) is 7.48. The molecule has 0 fully saturated rings. The molecule has 0 saturated carbocycles. The molecule has 0 aliphatic rings. The third-order valence-electron chi connectivity index (χ3n) is 6.18. The van der Waals surface area contributed by atoms with E-state index in [4.69, 9.17) is 0 Å². The second kappa shape index (κ2) is 10.5. The van der Waals surface area contributed by atoms with Crippen molar-refractivity contribution in [3.8, 4) is 0 Å². The van der Waals surface area contributed by atoms with Gasteiger partial charge in [-0.05, 0) is 60.5 Å². The lowest BCUT2D eigenvalue weighted by Gasteiger charge is -2.36. The Morgan fingerprint density at radius 2 is 1.44 bits per heavy atom. The normalized spacial score (nSPS) is 13.5. The first-order valence-electron chi connectivity index (χ1n) is 11.6. The average Bonchev–Trinajstić information content (AvgIpc) is 2.88. The lowest BCUT2D eigenvalue weighted by molar-refractivity contribution is -0.140. The molecule has 0 saturated heterocycles. The van der Waals surface area contributed by atoms with Crippen LogP contribution in [0.15, 0.2) is 91.0 Å². The van der Waals surface area contributed by atoms with Crippen LogP contribution < -0.4 is 5.32 Å². The SMILES string of the molecule is Cc1cccc(C(Cc2ccccc2)(NC(=O)c2ccc(F)c(C(F)(F)F)c2)c2cccc(C(F)(F)F)c2)n1. The van der Waals surface area contributed by atoms with E-state index in [0.29, 0.717) is 23.4 Å². The lowest BCUT2D eigenvalue weighted by Crippen LogP contribution is -2.49. The molecule has 202 valence electrons. The minimum absolute atomic E-state index is 0.00536. The summed E-state index contributed by atoms with van der Waals surface area (Å²) >= 11 is 0. The van der Waals surface area contributed by atoms with Crippen LogP contribution in [0, 0.1) is 12.7 Å². The zero-order chi connectivity index (χ0) is 28.4. The molecule has 1 atom stereocenters. The molecule has 10 heteroatoms. The Balaban J connectivity index is 1.95. The van der Waals surface area contributed by atoms with E-state index in [1.165, 1.54) is 18.2 Å². The first-order valence-corrected chi connectivity index (χ1v) is 11.6. The third kappa shape index (κ3) is 6.10. The average molecular weight is 546 g/mol. The van der Waals surface area contributed by atoms with Crippen molar-refractivity contribution in [2.45, 2.75) is 31.2 Å². The molecule has 4 rings (SSSR count). The number of carbonyl (C=O) groups excluding carboxylic acids is 1. The topological polar surface area (TPSA) is 42.0 Å². The smallest absolute Gasteiger partial charge is 0.337 e. The van der Waals surface area contributed by atoms with Crippen LogP contribution in [0.1, 0.15) is 44.0 Å². The van der Waals surface area contributed by atoms with E-state index in [2.05, 4.69) is 10.3 Å². The maximum absolute atomic E-state index is 13.9. The van der Waals surface area contributed by atoms with Crippen molar-refractivity contribution < 1.29 is 35.5 Å². The number of halogens is 7. The number of hydrogen-bond acceptors (Lipinski definition) is 2. The Labute approximate surface area is 219 Å². The Bertz CT molecular complexity index is 1480. The van der Waals surface area contributed by atoms with E-state index in [9.17, 15) is 35.5 Å². The van der Waals surface area contributed by atoms with E-state index >= 15 is 0 Å². The summed E-state index contributed by atoms with van der Waals surface area (Å²) < 4.78 is 95.2. The van der Waals surface area contributed by atoms with Gasteiger partial charge in [0.25, 0.3) is 5.91 Å². The Morgan fingerprint density at radius 3 is 2.08 bits per heavy atom. The number of carbonyl (C=O) groups is 1. The predicted molar refractivity (Wildman–Crippen MR) is 130 cm³/mol. The quantitative estimate of drug-likeness (QED) is 0.255. The maximum atomic E-state index is 13.9. The molecule has 0 spiro atoms. The fraction of sp³-hybridized carbons (Fsp3) is 0.172. The van der Waals surface area contributed by atoms with Crippen molar-refractivity contribution in [3.05, 3.63) is 136 Å². The molecular formula is C29H21F7N2O. The molecule has 39 heavy (non-hydrogen) atoms. The number of benzene rings is 3. The van der Waals surface area contributed by atoms with Gasteiger partial charge in [0.2, 0.25) is 0 Å². The van der Waals surface area contributed by atoms with Crippen molar-refractivity contribution in [3.63, 3.8) is 0 Å². The molecule has 0 aliphatic heterocycles. The van der Waals surface area contributed by atoms with Crippen molar-refractivity contribution in [1.29, 1.82) is 0 Å². The number of hydrogen-bond donors (Lipinski definition) is 1. The molecule has 0 bridgehead atoms. The molecule has 1 N–H and O–H groups in total. The number of amides is 1. The highest BCUT2D eigenvalue weighted by molar-refractivity contribution is 5.95. The van der Waals surface area contributed by atoms with Crippen molar-refractivity contribution >= 4 is 5.91 Å². The van der Waals surface area contributed by atoms with Gasteiger partial charge in [-0.25, -0.2) is 4.39 Å². The Hall–Kier alpha value is -4.21. The second-order valence-electron chi connectivity index (χ2n) is 8.96.